The Balaban J connectivity index is 2.92. The molecule has 0 radical (unpaired) electrons. The zero-order chi connectivity index (χ0) is 13.7. The monoisotopic (exact) mass is 285 g/mol. The first-order chi connectivity index (χ1) is 8.21. The van der Waals surface area contributed by atoms with E-state index in [9.17, 15) is 26.3 Å². The smallest absolute Gasteiger partial charge is 0.240 e. The van der Waals surface area contributed by atoms with Crippen molar-refractivity contribution in [2.75, 3.05) is 0 Å². The zero-order valence-corrected chi connectivity index (χ0v) is 9.00. The molecule has 0 bridgehead atoms. The van der Waals surface area contributed by atoms with Crippen LogP contribution in [0.1, 0.15) is 5.69 Å². The fourth-order valence-corrected chi connectivity index (χ4v) is 1.69. The summed E-state index contributed by atoms with van der Waals surface area (Å²) in [6, 6.07) is 0.544. The first-order valence-corrected chi connectivity index (χ1v) is 4.80. The zero-order valence-electron chi connectivity index (χ0n) is 8.25. The highest BCUT2D eigenvalue weighted by molar-refractivity contribution is 6.35. The molecule has 18 heavy (non-hydrogen) atoms. The third-order valence-electron chi connectivity index (χ3n) is 2.17. The van der Waals surface area contributed by atoms with Gasteiger partial charge in [0.25, 0.3) is 0 Å². The summed E-state index contributed by atoms with van der Waals surface area (Å²) in [5, 5.41) is -1.38. The van der Waals surface area contributed by atoms with Gasteiger partial charge in [-0.3, -0.25) is 0 Å². The summed E-state index contributed by atoms with van der Waals surface area (Å²) < 4.78 is 76.7. The molecule has 2 aromatic rings. The van der Waals surface area contributed by atoms with Crippen LogP contribution in [0.2, 0.25) is 5.02 Å². The maximum atomic E-state index is 13.3. The van der Waals surface area contributed by atoms with Crippen LogP contribution < -0.4 is 0 Å². The van der Waals surface area contributed by atoms with Crippen LogP contribution in [-0.2, 0) is 6.18 Å². The summed E-state index contributed by atoms with van der Waals surface area (Å²) in [6.07, 6.45) is -4.90. The number of hydrogen-bond acceptors (Lipinski definition) is 1. The lowest BCUT2D eigenvalue weighted by Gasteiger charge is -2.09. The van der Waals surface area contributed by atoms with Crippen LogP contribution in [0.25, 0.3) is 10.9 Å². The fourth-order valence-electron chi connectivity index (χ4n) is 1.41. The molecule has 1 heterocycles. The van der Waals surface area contributed by atoms with Gasteiger partial charge in [0.15, 0.2) is 11.6 Å². The molecule has 0 unspecified atom stereocenters. The molecular formula is C10H2ClF6N. The summed E-state index contributed by atoms with van der Waals surface area (Å²) in [4.78, 5) is 2.86. The second-order valence-electron chi connectivity index (χ2n) is 3.36. The van der Waals surface area contributed by atoms with Gasteiger partial charge in [-0.25, -0.2) is 18.2 Å². The van der Waals surface area contributed by atoms with Crippen molar-refractivity contribution in [1.82, 2.24) is 4.98 Å². The molecule has 0 spiro atoms. The number of halogens is 7. The minimum atomic E-state index is -4.90. The van der Waals surface area contributed by atoms with Crippen molar-refractivity contribution in [3.05, 3.63) is 40.3 Å². The molecule has 0 N–H and O–H groups in total. The van der Waals surface area contributed by atoms with Crippen molar-refractivity contribution in [3.8, 4) is 0 Å². The molecule has 1 nitrogen and oxygen atoms in total. The molecule has 0 aliphatic rings. The van der Waals surface area contributed by atoms with E-state index in [1.807, 2.05) is 0 Å². The average molecular weight is 286 g/mol. The number of rotatable bonds is 0. The third kappa shape index (κ3) is 1.98. The lowest BCUT2D eigenvalue weighted by atomic mass is 10.1. The van der Waals surface area contributed by atoms with Crippen LogP contribution in [0, 0.1) is 17.5 Å². The Bertz CT molecular complexity index is 637. The van der Waals surface area contributed by atoms with Gasteiger partial charge in [-0.1, -0.05) is 11.6 Å². The predicted molar refractivity (Wildman–Crippen MR) is 51.6 cm³/mol. The molecule has 0 aliphatic carbocycles. The molecule has 96 valence electrons. The summed E-state index contributed by atoms with van der Waals surface area (Å²) in [7, 11) is 0. The summed E-state index contributed by atoms with van der Waals surface area (Å²) in [6.45, 7) is 0. The summed E-state index contributed by atoms with van der Waals surface area (Å²) in [5.74, 6) is -4.60. The Hall–Kier alpha value is -1.50. The molecule has 0 fully saturated rings. The van der Waals surface area contributed by atoms with Gasteiger partial charge in [0.2, 0.25) is 0 Å². The number of hydrogen-bond donors (Lipinski definition) is 0. The van der Waals surface area contributed by atoms with Crippen LogP contribution in [0.4, 0.5) is 26.3 Å². The van der Waals surface area contributed by atoms with E-state index in [1.54, 1.807) is 0 Å². The van der Waals surface area contributed by atoms with E-state index >= 15 is 0 Å². The van der Waals surface area contributed by atoms with Crippen LogP contribution in [0.3, 0.4) is 0 Å². The van der Waals surface area contributed by atoms with E-state index < -0.39 is 45.2 Å². The molecule has 2 rings (SSSR count). The van der Waals surface area contributed by atoms with E-state index in [0.717, 1.165) is 0 Å². The second-order valence-corrected chi connectivity index (χ2v) is 3.77. The number of aromatic nitrogens is 1. The Morgan fingerprint density at radius 1 is 1.00 bits per heavy atom. The molecular weight excluding hydrogens is 284 g/mol. The average Bonchev–Trinajstić information content (AvgIpc) is 2.23. The summed E-state index contributed by atoms with van der Waals surface area (Å²) >= 11 is 5.43. The largest absolute Gasteiger partial charge is 0.433 e. The maximum Gasteiger partial charge on any atom is 0.433 e. The van der Waals surface area contributed by atoms with Gasteiger partial charge in [-0.15, -0.1) is 0 Å². The lowest BCUT2D eigenvalue weighted by molar-refractivity contribution is -0.140. The fraction of sp³-hybridized carbons (Fsp3) is 0.100. The van der Waals surface area contributed by atoms with Crippen molar-refractivity contribution in [2.45, 2.75) is 6.18 Å². The van der Waals surface area contributed by atoms with Gasteiger partial charge in [-0.2, -0.15) is 13.2 Å². The first-order valence-electron chi connectivity index (χ1n) is 4.42. The highest BCUT2D eigenvalue weighted by atomic mass is 35.5. The van der Waals surface area contributed by atoms with Gasteiger partial charge < -0.3 is 0 Å². The quantitative estimate of drug-likeness (QED) is 0.519. The van der Waals surface area contributed by atoms with Gasteiger partial charge >= 0.3 is 6.18 Å². The predicted octanol–water partition coefficient (Wildman–Crippen LogP) is 4.32. The minimum absolute atomic E-state index is 0.193. The standard InChI is InChI=1S/C10H2ClF6N/c11-3-1-6(10(15,16)17)18-9-7(3)4(12)2-5(13)8(9)14/h1-2H. The first kappa shape index (κ1) is 12.9. The van der Waals surface area contributed by atoms with Crippen LogP contribution in [0.15, 0.2) is 12.1 Å². The van der Waals surface area contributed by atoms with Crippen LogP contribution in [-0.4, -0.2) is 4.98 Å². The molecule has 1 aromatic heterocycles. The van der Waals surface area contributed by atoms with Crippen LogP contribution in [0.5, 0.6) is 0 Å². The van der Waals surface area contributed by atoms with Crippen molar-refractivity contribution in [3.63, 3.8) is 0 Å². The van der Waals surface area contributed by atoms with Crippen molar-refractivity contribution in [2.24, 2.45) is 0 Å². The van der Waals surface area contributed by atoms with Gasteiger partial charge in [0, 0.05) is 6.07 Å². The number of pyridine rings is 1. The van der Waals surface area contributed by atoms with E-state index in [-0.39, 0.29) is 6.07 Å². The number of alkyl halides is 3. The van der Waals surface area contributed by atoms with E-state index in [0.29, 0.717) is 6.07 Å². The van der Waals surface area contributed by atoms with Gasteiger partial charge in [-0.05, 0) is 6.07 Å². The third-order valence-corrected chi connectivity index (χ3v) is 2.47. The molecule has 0 saturated carbocycles. The van der Waals surface area contributed by atoms with E-state index in [2.05, 4.69) is 4.98 Å². The Kier molecular flexibility index (Phi) is 2.89. The molecule has 8 heteroatoms. The number of fused-ring (bicyclic) bond motifs is 1. The number of benzene rings is 1. The van der Waals surface area contributed by atoms with Crippen molar-refractivity contribution >= 4 is 22.5 Å². The van der Waals surface area contributed by atoms with Gasteiger partial charge in [0.05, 0.1) is 10.4 Å². The van der Waals surface area contributed by atoms with Crippen LogP contribution >= 0.6 is 11.6 Å². The second kappa shape index (κ2) is 4.01. The molecule has 1 aromatic carbocycles. The maximum absolute atomic E-state index is 13.3. The summed E-state index contributed by atoms with van der Waals surface area (Å²) in [5.41, 5.74) is -2.61. The molecule has 0 atom stereocenters. The molecule has 0 aliphatic heterocycles. The van der Waals surface area contributed by atoms with Gasteiger partial charge in [0.1, 0.15) is 17.0 Å². The van der Waals surface area contributed by atoms with Crippen molar-refractivity contribution < 1.29 is 26.3 Å². The number of nitrogens with zero attached hydrogens (tertiary/aromatic N) is 1. The minimum Gasteiger partial charge on any atom is -0.240 e. The highest BCUT2D eigenvalue weighted by Gasteiger charge is 2.34. The van der Waals surface area contributed by atoms with E-state index in [4.69, 9.17) is 11.6 Å². The Morgan fingerprint density at radius 3 is 2.17 bits per heavy atom. The Labute approximate surface area is 101 Å². The SMILES string of the molecule is Fc1cc(F)c2c(Cl)cc(C(F)(F)F)nc2c1F. The normalized spacial score (nSPS) is 12.2. The Morgan fingerprint density at radius 2 is 1.61 bits per heavy atom. The highest BCUT2D eigenvalue weighted by Crippen LogP contribution is 2.35. The topological polar surface area (TPSA) is 12.9 Å². The van der Waals surface area contributed by atoms with Crippen molar-refractivity contribution in [1.29, 1.82) is 0 Å². The molecule has 0 amide bonds. The van der Waals surface area contributed by atoms with E-state index in [1.165, 1.54) is 0 Å². The molecule has 0 saturated heterocycles. The lowest BCUT2D eigenvalue weighted by Crippen LogP contribution is -2.09.